The first kappa shape index (κ1) is 19.9. The molecule has 0 N–H and O–H groups in total. The first-order valence-corrected chi connectivity index (χ1v) is 9.26. The Morgan fingerprint density at radius 3 is 2.27 bits per heavy atom. The Morgan fingerprint density at radius 2 is 1.60 bits per heavy atom. The second-order valence-electron chi connectivity index (χ2n) is 6.80. The van der Waals surface area contributed by atoms with E-state index in [1.807, 2.05) is 42.5 Å². The van der Waals surface area contributed by atoms with Crippen molar-refractivity contribution in [2.75, 3.05) is 0 Å². The zero-order valence-electron chi connectivity index (χ0n) is 15.8. The van der Waals surface area contributed by atoms with Gasteiger partial charge in [0.05, 0.1) is 24.9 Å². The number of hydrogen-bond acceptors (Lipinski definition) is 5. The van der Waals surface area contributed by atoms with Gasteiger partial charge < -0.3 is 8.94 Å². The molecule has 154 valence electrons. The topological polar surface area (TPSA) is 55.3 Å². The van der Waals surface area contributed by atoms with Gasteiger partial charge in [-0.3, -0.25) is 4.90 Å². The highest BCUT2D eigenvalue weighted by Gasteiger charge is 2.30. The Morgan fingerprint density at radius 1 is 0.833 bits per heavy atom. The zero-order valence-corrected chi connectivity index (χ0v) is 15.8. The van der Waals surface area contributed by atoms with Crippen LogP contribution in [0.25, 0.3) is 11.4 Å². The van der Waals surface area contributed by atoms with Crippen molar-refractivity contribution in [2.45, 2.75) is 25.8 Å². The summed E-state index contributed by atoms with van der Waals surface area (Å²) in [5.41, 5.74) is 0.854. The van der Waals surface area contributed by atoms with Crippen LogP contribution in [0.4, 0.5) is 13.2 Å². The van der Waals surface area contributed by atoms with E-state index >= 15 is 0 Å². The monoisotopic (exact) mass is 413 g/mol. The van der Waals surface area contributed by atoms with Crippen molar-refractivity contribution in [2.24, 2.45) is 0 Å². The molecule has 0 saturated carbocycles. The van der Waals surface area contributed by atoms with Crippen LogP contribution in [0.2, 0.25) is 0 Å². The van der Waals surface area contributed by atoms with Crippen LogP contribution in [0, 0.1) is 0 Å². The molecule has 0 fully saturated rings. The second-order valence-corrected chi connectivity index (χ2v) is 6.80. The van der Waals surface area contributed by atoms with Crippen molar-refractivity contribution in [1.29, 1.82) is 0 Å². The van der Waals surface area contributed by atoms with Crippen LogP contribution in [0.3, 0.4) is 0 Å². The molecule has 2 aromatic heterocycles. The largest absolute Gasteiger partial charge is 0.468 e. The lowest BCUT2D eigenvalue weighted by molar-refractivity contribution is -0.137. The predicted molar refractivity (Wildman–Crippen MR) is 103 cm³/mol. The van der Waals surface area contributed by atoms with Gasteiger partial charge in [-0.25, -0.2) is 0 Å². The highest BCUT2D eigenvalue weighted by Crippen LogP contribution is 2.30. The van der Waals surface area contributed by atoms with Crippen molar-refractivity contribution >= 4 is 0 Å². The molecule has 4 rings (SSSR count). The van der Waals surface area contributed by atoms with E-state index in [0.717, 1.165) is 23.5 Å². The summed E-state index contributed by atoms with van der Waals surface area (Å²) in [6, 6.07) is 18.3. The summed E-state index contributed by atoms with van der Waals surface area (Å²) in [6.45, 7) is 1.54. The third-order valence-electron chi connectivity index (χ3n) is 4.51. The van der Waals surface area contributed by atoms with Crippen molar-refractivity contribution in [3.8, 4) is 11.4 Å². The average Bonchev–Trinajstić information content (AvgIpc) is 3.40. The lowest BCUT2D eigenvalue weighted by Crippen LogP contribution is -2.22. The minimum atomic E-state index is -4.38. The van der Waals surface area contributed by atoms with Gasteiger partial charge in [0, 0.05) is 12.1 Å². The summed E-state index contributed by atoms with van der Waals surface area (Å²) < 4.78 is 49.0. The maximum absolute atomic E-state index is 12.7. The fourth-order valence-corrected chi connectivity index (χ4v) is 3.07. The molecule has 4 aromatic rings. The molecule has 5 nitrogen and oxygen atoms in total. The number of benzene rings is 2. The van der Waals surface area contributed by atoms with E-state index in [4.69, 9.17) is 8.94 Å². The van der Waals surface area contributed by atoms with Crippen LogP contribution in [-0.4, -0.2) is 15.0 Å². The molecule has 8 heteroatoms. The molecular weight excluding hydrogens is 395 g/mol. The van der Waals surface area contributed by atoms with E-state index < -0.39 is 11.7 Å². The van der Waals surface area contributed by atoms with E-state index in [2.05, 4.69) is 15.0 Å². The summed E-state index contributed by atoms with van der Waals surface area (Å²) in [4.78, 5) is 6.43. The second kappa shape index (κ2) is 8.54. The van der Waals surface area contributed by atoms with Crippen molar-refractivity contribution < 1.29 is 22.1 Å². The Hall–Kier alpha value is -3.39. The highest BCUT2D eigenvalue weighted by atomic mass is 19.4. The number of furan rings is 1. The van der Waals surface area contributed by atoms with Crippen LogP contribution in [0.5, 0.6) is 0 Å². The Bertz CT molecular complexity index is 1060. The van der Waals surface area contributed by atoms with Crippen LogP contribution < -0.4 is 0 Å². The van der Waals surface area contributed by atoms with Gasteiger partial charge >= 0.3 is 6.18 Å². The molecule has 0 saturated heterocycles. The lowest BCUT2D eigenvalue weighted by Gasteiger charge is -2.19. The number of nitrogens with zero attached hydrogens (tertiary/aromatic N) is 3. The summed E-state index contributed by atoms with van der Waals surface area (Å²) in [5.74, 6) is 1.41. The van der Waals surface area contributed by atoms with Gasteiger partial charge in [-0.1, -0.05) is 47.6 Å². The van der Waals surface area contributed by atoms with E-state index in [-0.39, 0.29) is 5.82 Å². The third-order valence-corrected chi connectivity index (χ3v) is 4.51. The van der Waals surface area contributed by atoms with E-state index in [1.165, 1.54) is 12.1 Å². The third kappa shape index (κ3) is 4.96. The summed E-state index contributed by atoms with van der Waals surface area (Å²) >= 11 is 0. The highest BCUT2D eigenvalue weighted by molar-refractivity contribution is 5.54. The zero-order chi connectivity index (χ0) is 21.0. The fraction of sp³-hybridized carbons (Fsp3) is 0.182. The molecule has 0 spiro atoms. The number of aromatic nitrogens is 2. The molecule has 0 atom stereocenters. The van der Waals surface area contributed by atoms with Crippen LogP contribution in [-0.2, 0) is 25.8 Å². The van der Waals surface area contributed by atoms with Crippen molar-refractivity contribution in [1.82, 2.24) is 15.0 Å². The molecule has 0 amide bonds. The number of halogens is 3. The molecule has 2 heterocycles. The van der Waals surface area contributed by atoms with Gasteiger partial charge in [0.25, 0.3) is 0 Å². The molecule has 0 bridgehead atoms. The molecule has 0 radical (unpaired) electrons. The smallest absolute Gasteiger partial charge is 0.416 e. The molecule has 0 unspecified atom stereocenters. The minimum Gasteiger partial charge on any atom is -0.468 e. The normalized spacial score (nSPS) is 11.9. The van der Waals surface area contributed by atoms with Gasteiger partial charge in [0.15, 0.2) is 0 Å². The average molecular weight is 413 g/mol. The van der Waals surface area contributed by atoms with Crippen LogP contribution >= 0.6 is 0 Å². The van der Waals surface area contributed by atoms with Crippen molar-refractivity contribution in [3.63, 3.8) is 0 Å². The van der Waals surface area contributed by atoms with E-state index in [9.17, 15) is 13.2 Å². The molecule has 2 aromatic carbocycles. The molecule has 0 aliphatic carbocycles. The maximum Gasteiger partial charge on any atom is 0.416 e. The number of hydrogen-bond donors (Lipinski definition) is 0. The fourth-order valence-electron chi connectivity index (χ4n) is 3.07. The van der Waals surface area contributed by atoms with Gasteiger partial charge in [-0.2, -0.15) is 18.2 Å². The summed E-state index contributed by atoms with van der Waals surface area (Å²) in [7, 11) is 0. The molecule has 0 aliphatic rings. The predicted octanol–water partition coefficient (Wildman–Crippen LogP) is 5.55. The first-order chi connectivity index (χ1) is 14.5. The van der Waals surface area contributed by atoms with Crippen LogP contribution in [0.15, 0.2) is 81.9 Å². The first-order valence-electron chi connectivity index (χ1n) is 9.26. The minimum absolute atomic E-state index is 0.247. The molecular formula is C22H18F3N3O2. The Balaban J connectivity index is 1.50. The quantitative estimate of drug-likeness (QED) is 0.398. The maximum atomic E-state index is 12.7. The Kier molecular flexibility index (Phi) is 5.67. The lowest BCUT2D eigenvalue weighted by atomic mass is 10.1. The molecule has 30 heavy (non-hydrogen) atoms. The van der Waals surface area contributed by atoms with E-state index in [1.54, 1.807) is 6.26 Å². The van der Waals surface area contributed by atoms with Crippen molar-refractivity contribution in [3.05, 3.63) is 95.8 Å². The van der Waals surface area contributed by atoms with Gasteiger partial charge in [-0.05, 0) is 29.8 Å². The summed E-state index contributed by atoms with van der Waals surface area (Å²) in [6.07, 6.45) is -2.77. The van der Waals surface area contributed by atoms with Gasteiger partial charge in [0.2, 0.25) is 11.7 Å². The van der Waals surface area contributed by atoms with E-state index in [0.29, 0.717) is 31.1 Å². The van der Waals surface area contributed by atoms with Crippen LogP contribution in [0.1, 0.15) is 22.8 Å². The number of alkyl halides is 3. The number of rotatable bonds is 7. The molecule has 0 aliphatic heterocycles. The van der Waals surface area contributed by atoms with Gasteiger partial charge in [-0.15, -0.1) is 0 Å². The standard InChI is InChI=1S/C22H18F3N3O2/c23-22(24,25)18-10-8-17(9-11-18)21-26-20(30-27-21)15-28(14-19-7-4-12-29-19)13-16-5-2-1-3-6-16/h1-12H,13-15H2. The summed E-state index contributed by atoms with van der Waals surface area (Å²) in [5, 5.41) is 3.92. The van der Waals surface area contributed by atoms with Gasteiger partial charge in [0.1, 0.15) is 5.76 Å². The Labute approximate surface area is 170 Å². The SMILES string of the molecule is FC(F)(F)c1ccc(-c2noc(CN(Cc3ccccc3)Cc3ccco3)n2)cc1.